The Balaban J connectivity index is 1.80. The van der Waals surface area contributed by atoms with E-state index in [0.717, 1.165) is 0 Å². The van der Waals surface area contributed by atoms with Crippen molar-refractivity contribution in [3.8, 4) is 0 Å². The zero-order valence-corrected chi connectivity index (χ0v) is 22.4. The molecule has 8 atom stereocenters. The van der Waals surface area contributed by atoms with Crippen LogP contribution in [0.1, 0.15) is 46.5 Å². The fraction of sp³-hybridized carbons (Fsp3) is 0.692. The van der Waals surface area contributed by atoms with Crippen LogP contribution in [0, 0.1) is 28.6 Å². The van der Waals surface area contributed by atoms with Gasteiger partial charge >= 0.3 is 24.3 Å². The average Bonchev–Trinajstić information content (AvgIpc) is 3.03. The predicted molar refractivity (Wildman–Crippen MR) is 125 cm³/mol. The zero-order valence-electron chi connectivity index (χ0n) is 21.6. The fourth-order valence-electron chi connectivity index (χ4n) is 7.75. The number of halogens is 7. The fourth-order valence-corrected chi connectivity index (χ4v) is 8.32. The van der Waals surface area contributed by atoms with Crippen LogP contribution in [0.15, 0.2) is 23.8 Å². The molecule has 7 nitrogen and oxygen atoms in total. The number of esters is 2. The second-order valence-electron chi connectivity index (χ2n) is 11.5. The second kappa shape index (κ2) is 9.30. The first-order valence-electron chi connectivity index (χ1n) is 12.5. The van der Waals surface area contributed by atoms with Gasteiger partial charge in [0.15, 0.2) is 12.4 Å². The Morgan fingerprint density at radius 2 is 1.68 bits per heavy atom. The Bertz CT molecular complexity index is 1210. The lowest BCUT2D eigenvalue weighted by Gasteiger charge is -2.64. The van der Waals surface area contributed by atoms with Crippen molar-refractivity contribution >= 4 is 35.1 Å². The first-order chi connectivity index (χ1) is 18.1. The van der Waals surface area contributed by atoms with Gasteiger partial charge in [0.2, 0.25) is 5.78 Å². The van der Waals surface area contributed by atoms with Crippen LogP contribution < -0.4 is 0 Å². The van der Waals surface area contributed by atoms with Gasteiger partial charge in [0.25, 0.3) is 0 Å². The molecule has 0 unspecified atom stereocenters. The van der Waals surface area contributed by atoms with E-state index >= 15 is 0 Å². The maximum absolute atomic E-state index is 13.4. The molecule has 1 N–H and O–H groups in total. The molecule has 0 spiro atoms. The van der Waals surface area contributed by atoms with E-state index in [1.54, 1.807) is 6.92 Å². The first-order valence-corrected chi connectivity index (χ1v) is 12.9. The molecule has 0 aromatic heterocycles. The minimum Gasteiger partial charge on any atom is -0.454 e. The van der Waals surface area contributed by atoms with Crippen LogP contribution in [0.25, 0.3) is 0 Å². The van der Waals surface area contributed by atoms with E-state index in [1.807, 2.05) is 0 Å². The average molecular weight is 601 g/mol. The maximum Gasteiger partial charge on any atom is 0.490 e. The highest BCUT2D eigenvalue weighted by Crippen LogP contribution is 2.72. The summed E-state index contributed by atoms with van der Waals surface area (Å²) < 4.78 is 87.2. The molecule has 0 bridgehead atoms. The van der Waals surface area contributed by atoms with Crippen molar-refractivity contribution in [3.63, 3.8) is 0 Å². The maximum atomic E-state index is 13.4. The number of fused-ring (bicyclic) bond motifs is 5. The zero-order chi connectivity index (χ0) is 30.3. The lowest BCUT2D eigenvalue weighted by atomic mass is 9.45. The highest BCUT2D eigenvalue weighted by Gasteiger charge is 2.76. The van der Waals surface area contributed by atoms with Crippen LogP contribution in [-0.2, 0) is 28.7 Å². The van der Waals surface area contributed by atoms with Crippen LogP contribution in [0.2, 0.25) is 0 Å². The Labute approximate surface area is 229 Å². The minimum atomic E-state index is -5.41. The monoisotopic (exact) mass is 600 g/mol. The summed E-state index contributed by atoms with van der Waals surface area (Å²) in [6, 6.07) is 0. The van der Waals surface area contributed by atoms with Crippen molar-refractivity contribution in [2.75, 3.05) is 6.61 Å². The van der Waals surface area contributed by atoms with E-state index in [9.17, 15) is 50.6 Å². The number of carbonyl (C=O) groups excluding carboxylic acids is 4. The van der Waals surface area contributed by atoms with Crippen molar-refractivity contribution in [1.82, 2.24) is 0 Å². The van der Waals surface area contributed by atoms with Crippen LogP contribution >= 0.6 is 11.6 Å². The lowest BCUT2D eigenvalue weighted by Crippen LogP contribution is -2.70. The molecule has 0 saturated heterocycles. The van der Waals surface area contributed by atoms with E-state index in [-0.39, 0.29) is 18.6 Å². The number of aliphatic hydroxyl groups is 1. The first kappa shape index (κ1) is 30.5. The van der Waals surface area contributed by atoms with Crippen molar-refractivity contribution in [1.29, 1.82) is 0 Å². The smallest absolute Gasteiger partial charge is 0.454 e. The molecule has 0 aromatic rings. The highest BCUT2D eigenvalue weighted by atomic mass is 35.5. The molecule has 0 heterocycles. The molecular formula is C26H27ClF6O7. The SMILES string of the molecule is C[C@H]1C[C@H]2[C@@H]3CCC4=CC(=O)C=C[C@]4(C)[C@@]3(Cl)[C@@H](OC(=O)C(F)(F)F)C[C@]2(C)[C@@]1(O)C(=O)COC(=O)C(F)(F)F. The molecule has 3 fully saturated rings. The largest absolute Gasteiger partial charge is 0.490 e. The number of Topliss-reactive ketones (excluding diaryl/α,β-unsaturated/α-hetero) is 1. The number of allylic oxidation sites excluding steroid dienone is 4. The predicted octanol–water partition coefficient (Wildman–Crippen LogP) is 4.39. The molecule has 222 valence electrons. The molecule has 4 aliphatic carbocycles. The Kier molecular flexibility index (Phi) is 7.10. The number of hydrogen-bond acceptors (Lipinski definition) is 7. The lowest BCUT2D eigenvalue weighted by molar-refractivity contribution is -0.222. The van der Waals surface area contributed by atoms with Gasteiger partial charge in [-0.2, -0.15) is 26.3 Å². The van der Waals surface area contributed by atoms with Gasteiger partial charge in [0.05, 0.1) is 4.87 Å². The summed E-state index contributed by atoms with van der Waals surface area (Å²) >= 11 is 7.29. The molecule has 3 saturated carbocycles. The van der Waals surface area contributed by atoms with Gasteiger partial charge in [0, 0.05) is 10.8 Å². The molecule has 4 rings (SSSR count). The summed E-state index contributed by atoms with van der Waals surface area (Å²) in [4.78, 5) is 46.9. The third-order valence-corrected chi connectivity index (χ3v) is 10.6. The molecule has 0 aliphatic heterocycles. The third-order valence-electron chi connectivity index (χ3n) is 9.67. The van der Waals surface area contributed by atoms with Crippen molar-refractivity contribution in [2.24, 2.45) is 28.6 Å². The number of ether oxygens (including phenoxy) is 2. The van der Waals surface area contributed by atoms with E-state index < -0.39 is 88.3 Å². The number of hydrogen-bond donors (Lipinski definition) is 1. The molecule has 0 amide bonds. The summed E-state index contributed by atoms with van der Waals surface area (Å²) in [5, 5.41) is 11.8. The standard InChI is InChI=1S/C26H27ClF6O7/c1-12-8-16-15-5-4-13-9-14(34)6-7-21(13,2)23(15,27)18(40-20(37)26(31,32)33)10-22(16,3)24(12,38)17(35)11-39-19(36)25(28,29)30/h6-7,9,12,15-16,18,38H,4-5,8,10-11H2,1-3H3/t12-,15-,16-,18-,21-,22-,23-,24-/m0/s1. The molecule has 40 heavy (non-hydrogen) atoms. The molecule has 0 radical (unpaired) electrons. The van der Waals surface area contributed by atoms with Gasteiger partial charge in [-0.3, -0.25) is 9.59 Å². The van der Waals surface area contributed by atoms with Crippen LogP contribution in [-0.4, -0.2) is 64.2 Å². The van der Waals surface area contributed by atoms with Crippen LogP contribution in [0.3, 0.4) is 0 Å². The summed E-state index contributed by atoms with van der Waals surface area (Å²) in [5.41, 5.74) is -4.82. The van der Waals surface area contributed by atoms with Gasteiger partial charge in [-0.15, -0.1) is 11.6 Å². The summed E-state index contributed by atoms with van der Waals surface area (Å²) in [6.45, 7) is 3.03. The normalized spacial score (nSPS) is 40.9. The van der Waals surface area contributed by atoms with Crippen LogP contribution in [0.4, 0.5) is 26.3 Å². The van der Waals surface area contributed by atoms with Gasteiger partial charge in [-0.25, -0.2) is 9.59 Å². The topological polar surface area (TPSA) is 107 Å². The molecular weight excluding hydrogens is 574 g/mol. The molecule has 14 heteroatoms. The van der Waals surface area contributed by atoms with Gasteiger partial charge in [-0.05, 0) is 55.6 Å². The van der Waals surface area contributed by atoms with Crippen molar-refractivity contribution in [3.05, 3.63) is 23.8 Å². The van der Waals surface area contributed by atoms with Gasteiger partial charge < -0.3 is 14.6 Å². The third kappa shape index (κ3) is 4.21. The number of ketones is 2. The number of carbonyl (C=O) groups is 4. The Morgan fingerprint density at radius 1 is 1.07 bits per heavy atom. The summed E-state index contributed by atoms with van der Waals surface area (Å²) in [7, 11) is 0. The van der Waals surface area contributed by atoms with E-state index in [0.29, 0.717) is 12.0 Å². The quantitative estimate of drug-likeness (QED) is 0.290. The van der Waals surface area contributed by atoms with E-state index in [2.05, 4.69) is 4.74 Å². The van der Waals surface area contributed by atoms with E-state index in [4.69, 9.17) is 16.3 Å². The van der Waals surface area contributed by atoms with E-state index in [1.165, 1.54) is 32.1 Å². The second-order valence-corrected chi connectivity index (χ2v) is 12.2. The number of rotatable bonds is 4. The van der Waals surface area contributed by atoms with Crippen molar-refractivity contribution < 1.29 is 60.1 Å². The molecule has 4 aliphatic rings. The van der Waals surface area contributed by atoms with Gasteiger partial charge in [-0.1, -0.05) is 32.4 Å². The van der Waals surface area contributed by atoms with Gasteiger partial charge in [0.1, 0.15) is 11.7 Å². The van der Waals surface area contributed by atoms with Crippen molar-refractivity contribution in [2.45, 2.75) is 75.4 Å². The Morgan fingerprint density at radius 3 is 2.25 bits per heavy atom. The summed E-state index contributed by atoms with van der Waals surface area (Å²) in [5.74, 6) is -9.18. The molecule has 0 aromatic carbocycles. The summed E-state index contributed by atoms with van der Waals surface area (Å²) in [6.07, 6.45) is -8.50. The highest BCUT2D eigenvalue weighted by molar-refractivity contribution is 6.26. The van der Waals surface area contributed by atoms with Crippen LogP contribution in [0.5, 0.6) is 0 Å². The Hall–Kier alpha value is -2.41. The number of alkyl halides is 7. The minimum absolute atomic E-state index is 0.100.